The molecule has 2 unspecified atom stereocenters. The third-order valence-electron chi connectivity index (χ3n) is 3.96. The number of benzene rings is 2. The minimum Gasteiger partial charge on any atom is -0.489 e. The van der Waals surface area contributed by atoms with Crippen LogP contribution in [0.25, 0.3) is 0 Å². The van der Waals surface area contributed by atoms with Crippen LogP contribution < -0.4 is 15.8 Å². The summed E-state index contributed by atoms with van der Waals surface area (Å²) in [6.07, 6.45) is 0. The summed E-state index contributed by atoms with van der Waals surface area (Å²) in [7, 11) is 0. The molecule has 0 aliphatic rings. The van der Waals surface area contributed by atoms with Crippen LogP contribution in [0, 0.1) is 12.8 Å². The smallest absolute Gasteiger partial charge is 0.228 e. The predicted molar refractivity (Wildman–Crippen MR) is 101 cm³/mol. The standard InChI is InChI=1S/C19H24N2O2.ClH/c1-13-7-4-5-8-16(13)12-23-18-10-6-9-17(11-18)21-19(22)14(2)15(3)20;/h4-11,14-15H,12,20H2,1-3H3,(H,21,22);1H. The fourth-order valence-electron chi connectivity index (χ4n) is 2.09. The summed E-state index contributed by atoms with van der Waals surface area (Å²) in [5.74, 6) is 0.391. The van der Waals surface area contributed by atoms with E-state index in [1.54, 1.807) is 0 Å². The zero-order valence-electron chi connectivity index (χ0n) is 14.3. The minimum absolute atomic E-state index is 0. The van der Waals surface area contributed by atoms with Crippen LogP contribution in [0.1, 0.15) is 25.0 Å². The summed E-state index contributed by atoms with van der Waals surface area (Å²) in [5, 5.41) is 2.87. The Morgan fingerprint density at radius 1 is 1.17 bits per heavy atom. The van der Waals surface area contributed by atoms with Gasteiger partial charge in [-0.3, -0.25) is 4.79 Å². The fraction of sp³-hybridized carbons (Fsp3) is 0.316. The molecule has 0 saturated heterocycles. The molecule has 2 atom stereocenters. The van der Waals surface area contributed by atoms with Gasteiger partial charge in [0.2, 0.25) is 5.91 Å². The van der Waals surface area contributed by atoms with Crippen LogP contribution in [-0.2, 0) is 11.4 Å². The summed E-state index contributed by atoms with van der Waals surface area (Å²) >= 11 is 0. The summed E-state index contributed by atoms with van der Waals surface area (Å²) < 4.78 is 5.83. The van der Waals surface area contributed by atoms with Gasteiger partial charge in [0.05, 0.1) is 5.92 Å². The van der Waals surface area contributed by atoms with E-state index in [0.717, 1.165) is 11.3 Å². The molecule has 2 rings (SSSR count). The third-order valence-corrected chi connectivity index (χ3v) is 3.96. The highest BCUT2D eigenvalue weighted by atomic mass is 35.5. The van der Waals surface area contributed by atoms with Crippen molar-refractivity contribution in [2.45, 2.75) is 33.4 Å². The van der Waals surface area contributed by atoms with Crippen LogP contribution in [0.5, 0.6) is 5.75 Å². The van der Waals surface area contributed by atoms with Crippen molar-refractivity contribution in [2.24, 2.45) is 11.7 Å². The van der Waals surface area contributed by atoms with Gasteiger partial charge < -0.3 is 15.8 Å². The monoisotopic (exact) mass is 348 g/mol. The molecule has 4 nitrogen and oxygen atoms in total. The lowest BCUT2D eigenvalue weighted by Crippen LogP contribution is -2.34. The van der Waals surface area contributed by atoms with Gasteiger partial charge in [0.1, 0.15) is 12.4 Å². The molecule has 0 bridgehead atoms. The van der Waals surface area contributed by atoms with Crippen molar-refractivity contribution >= 4 is 24.0 Å². The van der Waals surface area contributed by atoms with Crippen LogP contribution in [0.4, 0.5) is 5.69 Å². The Bertz CT molecular complexity index is 674. The first kappa shape index (κ1) is 20.0. The normalized spacial score (nSPS) is 12.7. The van der Waals surface area contributed by atoms with Crippen molar-refractivity contribution in [3.8, 4) is 5.75 Å². The first-order valence-electron chi connectivity index (χ1n) is 7.81. The Kier molecular flexibility index (Phi) is 7.75. The lowest BCUT2D eigenvalue weighted by atomic mass is 10.0. The third kappa shape index (κ3) is 5.55. The second-order valence-electron chi connectivity index (χ2n) is 5.88. The Morgan fingerprint density at radius 2 is 1.88 bits per heavy atom. The van der Waals surface area contributed by atoms with Gasteiger partial charge in [-0.05, 0) is 37.1 Å². The van der Waals surface area contributed by atoms with Crippen LogP contribution in [0.2, 0.25) is 0 Å². The molecular weight excluding hydrogens is 324 g/mol. The van der Waals surface area contributed by atoms with Gasteiger partial charge in [0.15, 0.2) is 0 Å². The molecule has 0 fully saturated rings. The maximum Gasteiger partial charge on any atom is 0.228 e. The van der Waals surface area contributed by atoms with E-state index in [9.17, 15) is 4.79 Å². The van der Waals surface area contributed by atoms with Gasteiger partial charge in [0.25, 0.3) is 0 Å². The van der Waals surface area contributed by atoms with Crippen molar-refractivity contribution in [1.29, 1.82) is 0 Å². The van der Waals surface area contributed by atoms with Crippen LogP contribution in [0.15, 0.2) is 48.5 Å². The molecule has 24 heavy (non-hydrogen) atoms. The predicted octanol–water partition coefficient (Wildman–Crippen LogP) is 3.92. The molecule has 0 heterocycles. The topological polar surface area (TPSA) is 64.3 Å². The summed E-state index contributed by atoms with van der Waals surface area (Å²) in [5.41, 5.74) is 8.82. The molecule has 5 heteroatoms. The number of aryl methyl sites for hydroxylation is 1. The first-order valence-corrected chi connectivity index (χ1v) is 7.81. The maximum atomic E-state index is 12.1. The Hall–Kier alpha value is -2.04. The zero-order valence-corrected chi connectivity index (χ0v) is 15.1. The Morgan fingerprint density at radius 3 is 2.54 bits per heavy atom. The van der Waals surface area contributed by atoms with Crippen molar-refractivity contribution in [3.63, 3.8) is 0 Å². The average molecular weight is 349 g/mol. The number of carbonyl (C=O) groups excluding carboxylic acids is 1. The molecule has 2 aromatic carbocycles. The van der Waals surface area contributed by atoms with Gasteiger partial charge in [0, 0.05) is 17.8 Å². The summed E-state index contributed by atoms with van der Waals surface area (Å²) in [6, 6.07) is 15.3. The van der Waals surface area contributed by atoms with Crippen LogP contribution >= 0.6 is 12.4 Å². The molecule has 2 aromatic rings. The van der Waals surface area contributed by atoms with E-state index in [4.69, 9.17) is 10.5 Å². The highest BCUT2D eigenvalue weighted by Gasteiger charge is 2.17. The van der Waals surface area contributed by atoms with E-state index in [-0.39, 0.29) is 30.3 Å². The number of anilines is 1. The fourth-order valence-corrected chi connectivity index (χ4v) is 2.09. The summed E-state index contributed by atoms with van der Waals surface area (Å²) in [4.78, 5) is 12.1. The minimum atomic E-state index is -0.244. The lowest BCUT2D eigenvalue weighted by molar-refractivity contribution is -0.119. The van der Waals surface area contributed by atoms with Crippen molar-refractivity contribution in [3.05, 3.63) is 59.7 Å². The second kappa shape index (κ2) is 9.30. The van der Waals surface area contributed by atoms with Crippen LogP contribution in [-0.4, -0.2) is 11.9 Å². The molecule has 0 aliphatic heterocycles. The molecule has 3 N–H and O–H groups in total. The molecular formula is C19H25ClN2O2. The van der Waals surface area contributed by atoms with E-state index in [0.29, 0.717) is 12.3 Å². The first-order chi connectivity index (χ1) is 11.0. The second-order valence-corrected chi connectivity index (χ2v) is 5.88. The average Bonchev–Trinajstić information content (AvgIpc) is 2.53. The van der Waals surface area contributed by atoms with Gasteiger partial charge >= 0.3 is 0 Å². The SMILES string of the molecule is Cc1ccccc1COc1cccc(NC(=O)C(C)C(C)N)c1.Cl. The molecule has 0 aromatic heterocycles. The van der Waals surface area contributed by atoms with Crippen molar-refractivity contribution in [1.82, 2.24) is 0 Å². The van der Waals surface area contributed by atoms with E-state index < -0.39 is 0 Å². The van der Waals surface area contributed by atoms with E-state index in [2.05, 4.69) is 18.3 Å². The number of hydrogen-bond acceptors (Lipinski definition) is 3. The van der Waals surface area contributed by atoms with Gasteiger partial charge in [-0.15, -0.1) is 12.4 Å². The number of amides is 1. The number of rotatable bonds is 6. The van der Waals surface area contributed by atoms with Crippen molar-refractivity contribution < 1.29 is 9.53 Å². The number of halogens is 1. The van der Waals surface area contributed by atoms with E-state index >= 15 is 0 Å². The molecule has 1 amide bonds. The number of nitrogens with two attached hydrogens (primary N) is 1. The number of ether oxygens (including phenoxy) is 1. The highest BCUT2D eigenvalue weighted by Crippen LogP contribution is 2.20. The highest BCUT2D eigenvalue weighted by molar-refractivity contribution is 5.92. The van der Waals surface area contributed by atoms with Gasteiger partial charge in [-0.1, -0.05) is 37.3 Å². The molecule has 0 aliphatic carbocycles. The van der Waals surface area contributed by atoms with Crippen molar-refractivity contribution in [2.75, 3.05) is 5.32 Å². The zero-order chi connectivity index (χ0) is 16.8. The largest absolute Gasteiger partial charge is 0.489 e. The number of carbonyl (C=O) groups is 1. The molecule has 0 radical (unpaired) electrons. The van der Waals surface area contributed by atoms with Gasteiger partial charge in [-0.25, -0.2) is 0 Å². The quantitative estimate of drug-likeness (QED) is 0.831. The number of nitrogens with one attached hydrogen (secondary N) is 1. The van der Waals surface area contributed by atoms with E-state index in [1.807, 2.05) is 56.3 Å². The van der Waals surface area contributed by atoms with E-state index in [1.165, 1.54) is 5.56 Å². The lowest BCUT2D eigenvalue weighted by Gasteiger charge is -2.16. The molecule has 0 saturated carbocycles. The number of hydrogen-bond donors (Lipinski definition) is 2. The molecule has 0 spiro atoms. The Labute approximate surface area is 149 Å². The Balaban J connectivity index is 0.00000288. The maximum absolute atomic E-state index is 12.1. The molecule has 130 valence electrons. The summed E-state index contributed by atoms with van der Waals surface area (Å²) in [6.45, 7) is 6.20. The van der Waals surface area contributed by atoms with Gasteiger partial charge in [-0.2, -0.15) is 0 Å². The van der Waals surface area contributed by atoms with Crippen LogP contribution in [0.3, 0.4) is 0 Å².